The first-order valence-corrected chi connectivity index (χ1v) is 12.0. The van der Waals surface area contributed by atoms with Gasteiger partial charge in [0.15, 0.2) is 5.16 Å². The number of anilines is 1. The highest BCUT2D eigenvalue weighted by atomic mass is 32.2. The third-order valence-electron chi connectivity index (χ3n) is 5.34. The van der Waals surface area contributed by atoms with E-state index in [2.05, 4.69) is 15.6 Å². The SMILES string of the molecule is Cc1cccc(C)c1NC(=O)CNC(=O)CSc1ncc(-c2ccccc2)n1-c1ccccc1. The van der Waals surface area contributed by atoms with Gasteiger partial charge in [0.1, 0.15) is 0 Å². The first kappa shape index (κ1) is 23.3. The third-order valence-corrected chi connectivity index (χ3v) is 6.29. The molecule has 0 aliphatic heterocycles. The van der Waals surface area contributed by atoms with Crippen LogP contribution in [0.1, 0.15) is 11.1 Å². The van der Waals surface area contributed by atoms with Crippen LogP contribution in [0.15, 0.2) is 90.2 Å². The van der Waals surface area contributed by atoms with Gasteiger partial charge < -0.3 is 10.6 Å². The van der Waals surface area contributed by atoms with Crippen molar-refractivity contribution in [2.75, 3.05) is 17.6 Å². The van der Waals surface area contributed by atoms with Crippen molar-refractivity contribution in [2.24, 2.45) is 0 Å². The van der Waals surface area contributed by atoms with Crippen molar-refractivity contribution in [1.29, 1.82) is 0 Å². The van der Waals surface area contributed by atoms with Gasteiger partial charge in [-0.2, -0.15) is 0 Å². The van der Waals surface area contributed by atoms with Gasteiger partial charge in [-0.05, 0) is 37.1 Å². The van der Waals surface area contributed by atoms with E-state index < -0.39 is 0 Å². The van der Waals surface area contributed by atoms with Crippen LogP contribution in [0.3, 0.4) is 0 Å². The standard InChI is InChI=1S/C27H26N4O2S/c1-19-10-9-11-20(2)26(19)30-24(32)17-28-25(33)18-34-27-29-16-23(21-12-5-3-6-13-21)31(27)22-14-7-4-8-15-22/h3-16H,17-18H2,1-2H3,(H,28,33)(H,30,32). The number of imidazole rings is 1. The van der Waals surface area contributed by atoms with E-state index in [1.807, 2.05) is 103 Å². The van der Waals surface area contributed by atoms with Crippen molar-refractivity contribution in [2.45, 2.75) is 19.0 Å². The average molecular weight is 471 g/mol. The number of nitrogens with one attached hydrogen (secondary N) is 2. The summed E-state index contributed by atoms with van der Waals surface area (Å²) in [6, 6.07) is 25.8. The van der Waals surface area contributed by atoms with Crippen LogP contribution in [0.5, 0.6) is 0 Å². The molecule has 6 nitrogen and oxygen atoms in total. The fourth-order valence-electron chi connectivity index (χ4n) is 3.63. The number of nitrogens with zero attached hydrogens (tertiary/aromatic N) is 2. The summed E-state index contributed by atoms with van der Waals surface area (Å²) in [6.07, 6.45) is 1.82. The fraction of sp³-hybridized carbons (Fsp3) is 0.148. The van der Waals surface area contributed by atoms with Crippen LogP contribution >= 0.6 is 11.8 Å². The molecule has 0 aliphatic rings. The van der Waals surface area contributed by atoms with Crippen LogP contribution in [0.25, 0.3) is 16.9 Å². The fourth-order valence-corrected chi connectivity index (χ4v) is 4.45. The highest BCUT2D eigenvalue weighted by molar-refractivity contribution is 7.99. The third kappa shape index (κ3) is 5.55. The summed E-state index contributed by atoms with van der Waals surface area (Å²) in [5.74, 6) is -0.340. The zero-order chi connectivity index (χ0) is 23.9. The van der Waals surface area contributed by atoms with Crippen LogP contribution in [-0.2, 0) is 9.59 Å². The van der Waals surface area contributed by atoms with Crippen LogP contribution in [0, 0.1) is 13.8 Å². The minimum Gasteiger partial charge on any atom is -0.346 e. The van der Waals surface area contributed by atoms with Crippen molar-refractivity contribution in [3.63, 3.8) is 0 Å². The van der Waals surface area contributed by atoms with Crippen molar-refractivity contribution < 1.29 is 9.59 Å². The van der Waals surface area contributed by atoms with Gasteiger partial charge in [-0.15, -0.1) is 0 Å². The number of rotatable bonds is 8. The number of thioether (sulfide) groups is 1. The second-order valence-electron chi connectivity index (χ2n) is 7.84. The Kier molecular flexibility index (Phi) is 7.44. The van der Waals surface area contributed by atoms with Crippen LogP contribution in [0.2, 0.25) is 0 Å². The molecule has 1 aromatic heterocycles. The summed E-state index contributed by atoms with van der Waals surface area (Å²) in [5.41, 5.74) is 5.71. The van der Waals surface area contributed by atoms with E-state index in [0.29, 0.717) is 5.16 Å². The molecule has 0 saturated heterocycles. The van der Waals surface area contributed by atoms with Gasteiger partial charge in [0.2, 0.25) is 11.8 Å². The summed E-state index contributed by atoms with van der Waals surface area (Å²) < 4.78 is 2.04. The molecule has 0 bridgehead atoms. The van der Waals surface area contributed by atoms with Crippen molar-refractivity contribution in [1.82, 2.24) is 14.9 Å². The highest BCUT2D eigenvalue weighted by Gasteiger charge is 2.16. The normalized spacial score (nSPS) is 10.6. The van der Waals surface area contributed by atoms with Gasteiger partial charge in [-0.1, -0.05) is 78.5 Å². The molecule has 0 atom stereocenters. The monoisotopic (exact) mass is 470 g/mol. The van der Waals surface area contributed by atoms with E-state index in [-0.39, 0.29) is 24.1 Å². The molecule has 0 radical (unpaired) electrons. The van der Waals surface area contributed by atoms with E-state index in [9.17, 15) is 9.59 Å². The van der Waals surface area contributed by atoms with Crippen molar-refractivity contribution >= 4 is 29.3 Å². The Labute approximate surface area is 203 Å². The van der Waals surface area contributed by atoms with E-state index in [1.165, 1.54) is 11.8 Å². The number of aryl methyl sites for hydroxylation is 2. The van der Waals surface area contributed by atoms with Gasteiger partial charge in [0.25, 0.3) is 0 Å². The quantitative estimate of drug-likeness (QED) is 0.355. The van der Waals surface area contributed by atoms with E-state index in [1.54, 1.807) is 0 Å². The molecule has 0 spiro atoms. The summed E-state index contributed by atoms with van der Waals surface area (Å²) in [4.78, 5) is 29.4. The smallest absolute Gasteiger partial charge is 0.243 e. The van der Waals surface area contributed by atoms with Gasteiger partial charge in [0.05, 0.1) is 24.2 Å². The molecule has 172 valence electrons. The molecule has 0 aliphatic carbocycles. The Morgan fingerprint density at radius 1 is 0.853 bits per heavy atom. The first-order chi connectivity index (χ1) is 16.5. The molecule has 4 aromatic rings. The largest absolute Gasteiger partial charge is 0.346 e. The highest BCUT2D eigenvalue weighted by Crippen LogP contribution is 2.29. The van der Waals surface area contributed by atoms with Crippen LogP contribution in [-0.4, -0.2) is 33.7 Å². The second kappa shape index (κ2) is 10.9. The van der Waals surface area contributed by atoms with E-state index in [4.69, 9.17) is 0 Å². The number of carbonyl (C=O) groups is 2. The zero-order valence-electron chi connectivity index (χ0n) is 19.1. The van der Waals surface area contributed by atoms with Gasteiger partial charge in [0, 0.05) is 16.9 Å². The van der Waals surface area contributed by atoms with E-state index in [0.717, 1.165) is 33.8 Å². The Bertz CT molecular complexity index is 1270. The predicted octanol–water partition coefficient (Wildman–Crippen LogP) is 5.00. The minimum absolute atomic E-state index is 0.0877. The molecule has 2 N–H and O–H groups in total. The summed E-state index contributed by atoms with van der Waals surface area (Å²) in [6.45, 7) is 3.79. The molecule has 0 saturated carbocycles. The molecular weight excluding hydrogens is 444 g/mol. The predicted molar refractivity (Wildman–Crippen MR) is 137 cm³/mol. The molecule has 7 heteroatoms. The molecule has 34 heavy (non-hydrogen) atoms. The number of para-hydroxylation sites is 2. The summed E-state index contributed by atoms with van der Waals surface area (Å²) >= 11 is 1.33. The lowest BCUT2D eigenvalue weighted by atomic mass is 10.1. The topological polar surface area (TPSA) is 76.0 Å². The molecule has 1 heterocycles. The molecule has 0 unspecified atom stereocenters. The lowest BCUT2D eigenvalue weighted by Gasteiger charge is -2.13. The van der Waals surface area contributed by atoms with Crippen molar-refractivity contribution in [3.05, 3.63) is 96.2 Å². The number of benzene rings is 3. The lowest BCUT2D eigenvalue weighted by molar-refractivity contribution is -0.122. The number of amides is 2. The number of aromatic nitrogens is 2. The van der Waals surface area contributed by atoms with Crippen LogP contribution in [0.4, 0.5) is 5.69 Å². The molecule has 4 rings (SSSR count). The van der Waals surface area contributed by atoms with Gasteiger partial charge in [-0.3, -0.25) is 14.2 Å². The molecule has 2 amide bonds. The first-order valence-electron chi connectivity index (χ1n) is 11.0. The second-order valence-corrected chi connectivity index (χ2v) is 8.79. The maximum Gasteiger partial charge on any atom is 0.243 e. The number of hydrogen-bond acceptors (Lipinski definition) is 4. The van der Waals surface area contributed by atoms with Gasteiger partial charge >= 0.3 is 0 Å². The zero-order valence-corrected chi connectivity index (χ0v) is 19.9. The average Bonchev–Trinajstić information content (AvgIpc) is 3.29. The van der Waals surface area contributed by atoms with E-state index >= 15 is 0 Å². The molecular formula is C27H26N4O2S. The van der Waals surface area contributed by atoms with Crippen molar-refractivity contribution in [3.8, 4) is 16.9 Å². The molecule has 0 fully saturated rings. The Morgan fingerprint density at radius 2 is 1.50 bits per heavy atom. The maximum absolute atomic E-state index is 12.5. The Hall–Kier alpha value is -3.84. The maximum atomic E-state index is 12.5. The van der Waals surface area contributed by atoms with Gasteiger partial charge in [-0.25, -0.2) is 4.98 Å². The number of hydrogen-bond donors (Lipinski definition) is 2. The lowest BCUT2D eigenvalue weighted by Crippen LogP contribution is -2.34. The Morgan fingerprint density at radius 3 is 2.18 bits per heavy atom. The Balaban J connectivity index is 1.41. The minimum atomic E-state index is -0.257. The van der Waals surface area contributed by atoms with Crippen LogP contribution < -0.4 is 10.6 Å². The summed E-state index contributed by atoms with van der Waals surface area (Å²) in [7, 11) is 0. The molecule has 3 aromatic carbocycles. The summed E-state index contributed by atoms with van der Waals surface area (Å²) in [5, 5.41) is 6.29. The number of carbonyl (C=O) groups excluding carboxylic acids is 2.